The van der Waals surface area contributed by atoms with Crippen LogP contribution in [-0.2, 0) is 26.5 Å². The van der Waals surface area contributed by atoms with Crippen LogP contribution in [0.3, 0.4) is 0 Å². The Labute approximate surface area is 557 Å². The number of pyridine rings is 1. The van der Waals surface area contributed by atoms with Gasteiger partial charge in [0.05, 0.1) is 48.2 Å². The Morgan fingerprint density at radius 2 is 1.09 bits per heavy atom. The van der Waals surface area contributed by atoms with E-state index in [0.29, 0.717) is 16.3 Å². The van der Waals surface area contributed by atoms with E-state index >= 15 is 0 Å². The summed E-state index contributed by atoms with van der Waals surface area (Å²) in [5, 5.41) is 1.20. The van der Waals surface area contributed by atoms with E-state index < -0.39 is 204 Å². The number of fused-ring (bicyclic) bond motifs is 4. The molecule has 0 unspecified atom stereocenters. The van der Waals surface area contributed by atoms with Crippen LogP contribution < -0.4 is 9.30 Å². The molecule has 0 spiro atoms. The third-order valence-corrected chi connectivity index (χ3v) is 14.2. The second kappa shape index (κ2) is 22.5. The number of hydrogen-bond donors (Lipinski definition) is 0. The molecule has 0 aliphatic heterocycles. The molecule has 6 heteroatoms. The van der Waals surface area contributed by atoms with E-state index in [-0.39, 0.29) is 116 Å². The summed E-state index contributed by atoms with van der Waals surface area (Å²) in [6.07, 6.45) is 4.44. The van der Waals surface area contributed by atoms with Crippen molar-refractivity contribution in [1.29, 1.82) is 0 Å². The second-order valence-electron chi connectivity index (χ2n) is 20.4. The summed E-state index contributed by atoms with van der Waals surface area (Å²) in [5.74, 6) is -0.0462. The molecule has 0 saturated carbocycles. The largest absolute Gasteiger partial charge is 0.510 e. The first-order valence-corrected chi connectivity index (χ1v) is 26.1. The van der Waals surface area contributed by atoms with E-state index in [0.717, 1.165) is 6.20 Å². The van der Waals surface area contributed by atoms with Gasteiger partial charge in [-0.3, -0.25) is 4.57 Å². The van der Waals surface area contributed by atoms with Crippen molar-refractivity contribution in [1.82, 2.24) is 14.1 Å². The molecule has 3 heterocycles. The van der Waals surface area contributed by atoms with Crippen molar-refractivity contribution >= 4 is 32.8 Å². The van der Waals surface area contributed by atoms with Gasteiger partial charge < -0.3 is 13.9 Å². The summed E-state index contributed by atoms with van der Waals surface area (Å²) < 4.78 is 299. The number of nitrogens with zero attached hydrogens (tertiary/aromatic N) is 4. The van der Waals surface area contributed by atoms with Crippen LogP contribution in [0.2, 0.25) is 0 Å². The van der Waals surface area contributed by atoms with Crippen molar-refractivity contribution in [3.05, 3.63) is 295 Å². The number of imidazole rings is 1. The van der Waals surface area contributed by atoms with Gasteiger partial charge in [0.1, 0.15) is 5.82 Å². The number of para-hydroxylation sites is 1. The molecule has 0 N–H and O–H groups in total. The molecule has 14 aromatic rings. The van der Waals surface area contributed by atoms with Crippen LogP contribution >= 0.6 is 0 Å². The fourth-order valence-electron chi connectivity index (χ4n) is 10.2. The van der Waals surface area contributed by atoms with Gasteiger partial charge in [-0.15, -0.1) is 29.7 Å². The third kappa shape index (κ3) is 10.3. The van der Waals surface area contributed by atoms with Gasteiger partial charge in [-0.25, -0.2) is 4.98 Å². The maximum Gasteiger partial charge on any atom is 0.268 e. The monoisotopic (exact) mass is 1310 g/mol. The van der Waals surface area contributed by atoms with Gasteiger partial charge in [-0.2, -0.15) is 18.2 Å². The molecule has 0 radical (unpaired) electrons. The van der Waals surface area contributed by atoms with Gasteiger partial charge in [0.2, 0.25) is 0 Å². The fraction of sp³-hybridized carbons (Fsp3) is 0.0886. The molecular weight excluding hydrogens is 1220 g/mol. The minimum Gasteiger partial charge on any atom is -0.510 e. The van der Waals surface area contributed by atoms with E-state index in [2.05, 4.69) is 23.4 Å². The van der Waals surface area contributed by atoms with Crippen LogP contribution in [-0.4, -0.2) is 14.1 Å². The molecule has 5 nitrogen and oxygen atoms in total. The summed E-state index contributed by atoms with van der Waals surface area (Å²) in [6, 6.07) is 13.8. The molecule has 0 aliphatic carbocycles. The van der Waals surface area contributed by atoms with Gasteiger partial charge in [0, 0.05) is 62.2 Å². The molecule has 0 atom stereocenters. The SMILES string of the molecule is [2H]c1c([2H])c([2H])c(-c2cnc(-n3c4[c-]c(Oc5[c-]c(-n6[c-][n+](-c7c(-c8c([2H])c([2H])c([2H])c([2H])c8[2H])cc(C(C)(C)C)cc7-c7c([2H])c(-c8c([2H])c([2H])c([2H])c([2H])c8[2H])c([2H])c(-c8c([2H])c([2H])c([2H])c([2H])c8[2H])c7[2H])c7ccc(-c8c(C([2H])([2H])[2H])cccc8C([2H])([2H])[2H])cc76)ccc5)ccc4c4ccccc43)cc2C([2H])([2H])[2H])c([2H])c1[2H].[Pt]. The average Bonchev–Trinajstić information content (AvgIpc) is 1.57. The van der Waals surface area contributed by atoms with Crippen molar-refractivity contribution in [3.63, 3.8) is 0 Å². The van der Waals surface area contributed by atoms with E-state index in [1.165, 1.54) is 81.9 Å². The number of aromatic nitrogens is 4. The number of rotatable bonds is 11. The van der Waals surface area contributed by atoms with Crippen LogP contribution in [0.15, 0.2) is 254 Å². The van der Waals surface area contributed by atoms with E-state index in [9.17, 15) is 12.3 Å². The van der Waals surface area contributed by atoms with Crippen molar-refractivity contribution < 1.29 is 74.2 Å². The van der Waals surface area contributed by atoms with Gasteiger partial charge in [0.15, 0.2) is 0 Å². The molecule has 0 fully saturated rings. The molecule has 0 aliphatic rings. The number of benzene rings is 11. The Morgan fingerprint density at radius 3 is 1.74 bits per heavy atom. The van der Waals surface area contributed by atoms with E-state index in [1.54, 1.807) is 61.7 Å². The summed E-state index contributed by atoms with van der Waals surface area (Å²) in [7, 11) is 0. The van der Waals surface area contributed by atoms with Crippen LogP contribution in [0.25, 0.3) is 117 Å². The van der Waals surface area contributed by atoms with Crippen LogP contribution in [0.1, 0.15) is 86.9 Å². The molecule has 14 rings (SSSR count). The Hall–Kier alpha value is -9.67. The topological polar surface area (TPSA) is 35.9 Å². The predicted octanol–water partition coefficient (Wildman–Crippen LogP) is 19.8. The third-order valence-electron chi connectivity index (χ3n) is 14.2. The van der Waals surface area contributed by atoms with Crippen LogP contribution in [0, 0.1) is 39.0 Å². The maximum atomic E-state index is 10.5. The molecular formula is C79H60N4OPt-2. The average molecular weight is 1310 g/mol. The first-order valence-electron chi connectivity index (χ1n) is 42.1. The van der Waals surface area contributed by atoms with Gasteiger partial charge in [-0.05, 0) is 157 Å². The second-order valence-corrected chi connectivity index (χ2v) is 20.4. The van der Waals surface area contributed by atoms with Crippen molar-refractivity contribution in [2.45, 2.75) is 46.7 Å². The van der Waals surface area contributed by atoms with E-state index in [1.807, 2.05) is 0 Å². The Morgan fingerprint density at radius 1 is 0.506 bits per heavy atom. The van der Waals surface area contributed by atoms with Crippen molar-refractivity contribution in [2.24, 2.45) is 0 Å². The summed E-state index contributed by atoms with van der Waals surface area (Å²) in [6.45, 7) is -3.69. The Balaban J connectivity index is 0.0000119. The van der Waals surface area contributed by atoms with Crippen LogP contribution in [0.5, 0.6) is 11.5 Å². The van der Waals surface area contributed by atoms with Gasteiger partial charge in [-0.1, -0.05) is 208 Å². The molecule has 3 aromatic heterocycles. The Bertz CT molecular complexity index is 6370. The van der Waals surface area contributed by atoms with Crippen molar-refractivity contribution in [3.8, 4) is 95.5 Å². The summed E-state index contributed by atoms with van der Waals surface area (Å²) in [5.41, 5.74) is -7.47. The fourth-order valence-corrected chi connectivity index (χ4v) is 10.2. The molecule has 414 valence electrons. The quantitative estimate of drug-likeness (QED) is 0.0956. The van der Waals surface area contributed by atoms with Crippen LogP contribution in [0.4, 0.5) is 0 Å². The maximum absolute atomic E-state index is 10.5. The zero-order chi connectivity index (χ0) is 84.6. The first kappa shape index (κ1) is 29.2. The first-order chi connectivity index (χ1) is 54.2. The minimum absolute atomic E-state index is 0. The minimum atomic E-state index is -2.96. The molecule has 0 bridgehead atoms. The zero-order valence-electron chi connectivity index (χ0n) is 77.0. The summed E-state index contributed by atoms with van der Waals surface area (Å²) in [4.78, 5) is 4.67. The van der Waals surface area contributed by atoms with Gasteiger partial charge in [0.25, 0.3) is 6.33 Å². The number of hydrogen-bond acceptors (Lipinski definition) is 2. The van der Waals surface area contributed by atoms with Crippen molar-refractivity contribution in [2.75, 3.05) is 0 Å². The molecule has 11 aromatic carbocycles. The number of ether oxygens (including phenoxy) is 1. The molecule has 0 amide bonds. The molecule has 85 heavy (non-hydrogen) atoms. The predicted molar refractivity (Wildman–Crippen MR) is 345 cm³/mol. The Kier molecular flexibility index (Phi) is 7.73. The van der Waals surface area contributed by atoms with Gasteiger partial charge >= 0.3 is 0 Å². The summed E-state index contributed by atoms with van der Waals surface area (Å²) >= 11 is 0. The number of aryl methyl sites for hydroxylation is 3. The molecule has 0 saturated heterocycles. The van der Waals surface area contributed by atoms with E-state index in [4.69, 9.17) is 36.3 Å². The standard InChI is InChI=1S/C79H60N4O.Pt/c1-52-23-21-24-53(2)77(52)59-37-40-73-75(45-59)81(64-33-22-34-65(48-64)84-66-38-39-68-67-35-19-20-36-72(67)83(74(68)49-66)76-41-54(3)71(50-80-76)58-31-17-10-18-32-58)51-82(73)78-69(57-29-15-9-16-30-57)46-63(79(4,5)6)47-70(78)62-43-60(55-25-11-7-12-26-55)42-61(44-62)56-27-13-8-14-28-56;/h7-47,50H,1-6H3;/q-2;/i1D3,2D3,3D3,7D,8D,9D,10D,11D,12D,13D,14D,15D,16D,17D,18D,25D,26D,27D,28D,29D,30D,31D,32D,42D,43D,44D;. The zero-order valence-corrected chi connectivity index (χ0v) is 47.3. The smallest absolute Gasteiger partial charge is 0.268 e. The normalized spacial score (nSPS) is 17.4.